The zero-order valence-electron chi connectivity index (χ0n) is 7.53. The van der Waals surface area contributed by atoms with Crippen molar-refractivity contribution >= 4 is 7.75 Å². The Morgan fingerprint density at radius 2 is 1.64 bits per heavy atom. The van der Waals surface area contributed by atoms with Crippen molar-refractivity contribution < 1.29 is 43.2 Å². The molecule has 11 heavy (non-hydrogen) atoms. The fourth-order valence-corrected chi connectivity index (χ4v) is 1.44. The Morgan fingerprint density at radius 1 is 1.27 bits per heavy atom. The van der Waals surface area contributed by atoms with E-state index in [1.54, 1.807) is 13.8 Å². The van der Waals surface area contributed by atoms with E-state index >= 15 is 0 Å². The van der Waals surface area contributed by atoms with Gasteiger partial charge in [-0.2, -0.15) is 7.05 Å². The monoisotopic (exact) mass is 189 g/mol. The van der Waals surface area contributed by atoms with E-state index in [9.17, 15) is 4.57 Å². The van der Waals surface area contributed by atoms with E-state index in [1.165, 1.54) is 7.05 Å². The van der Waals surface area contributed by atoms with Gasteiger partial charge in [0.15, 0.2) is 0 Å². The van der Waals surface area contributed by atoms with Crippen LogP contribution in [0.15, 0.2) is 0 Å². The van der Waals surface area contributed by atoms with Crippen molar-refractivity contribution in [1.82, 2.24) is 0 Å². The molecule has 0 aromatic heterocycles. The third-order valence-corrected chi connectivity index (χ3v) is 2.49. The summed E-state index contributed by atoms with van der Waals surface area (Å²) in [7, 11) is -1.65. The fourth-order valence-electron chi connectivity index (χ4n) is 0.479. The molecule has 0 bridgehead atoms. The molecule has 0 heterocycles. The van der Waals surface area contributed by atoms with Crippen LogP contribution in [0, 0.1) is 0 Å². The van der Waals surface area contributed by atoms with Crippen molar-refractivity contribution in [3.63, 3.8) is 0 Å². The van der Waals surface area contributed by atoms with E-state index in [1.807, 2.05) is 0 Å². The minimum absolute atomic E-state index is 0. The molecule has 0 spiro atoms. The summed E-state index contributed by atoms with van der Waals surface area (Å²) in [5, 5.41) is 3.51. The second kappa shape index (κ2) is 7.74. The molecule has 0 aliphatic heterocycles. The van der Waals surface area contributed by atoms with E-state index in [0.29, 0.717) is 13.2 Å². The number of rotatable bonds is 5. The van der Waals surface area contributed by atoms with E-state index in [4.69, 9.17) is 9.05 Å². The first kappa shape index (κ1) is 14.6. The summed E-state index contributed by atoms with van der Waals surface area (Å²) in [6, 6.07) is 0. The maximum Gasteiger partial charge on any atom is 1.00 e. The molecule has 0 aromatic rings. The first-order valence-corrected chi connectivity index (χ1v) is 4.68. The van der Waals surface area contributed by atoms with Gasteiger partial charge in [-0.1, -0.05) is 0 Å². The van der Waals surface area contributed by atoms with Crippen molar-refractivity contribution in [3.8, 4) is 0 Å². The summed E-state index contributed by atoms with van der Waals surface area (Å²) in [4.78, 5) is 0. The average Bonchev–Trinajstić information content (AvgIpc) is 1.89. The predicted octanol–water partition coefficient (Wildman–Crippen LogP) is -0.825. The number of hydrogen-bond donors (Lipinski definition) is 0. The molecule has 0 radical (unpaired) electrons. The van der Waals surface area contributed by atoms with Crippen LogP contribution in [0.3, 0.4) is 0 Å². The van der Waals surface area contributed by atoms with Crippen molar-refractivity contribution in [3.05, 3.63) is 5.09 Å². The van der Waals surface area contributed by atoms with Crippen LogP contribution in [0.1, 0.15) is 13.8 Å². The van der Waals surface area contributed by atoms with Gasteiger partial charge in [-0.15, -0.1) is 0 Å². The van der Waals surface area contributed by atoms with Crippen molar-refractivity contribution in [2.45, 2.75) is 13.8 Å². The van der Waals surface area contributed by atoms with Gasteiger partial charge < -0.3 is 14.1 Å². The maximum absolute atomic E-state index is 11.2. The smallest absolute Gasteiger partial charge is 0.558 e. The molecule has 0 aliphatic rings. The summed E-state index contributed by atoms with van der Waals surface area (Å²) in [6.45, 7) is 4.21. The van der Waals surface area contributed by atoms with Crippen LogP contribution in [0.4, 0.5) is 0 Å². The van der Waals surface area contributed by atoms with Crippen LogP contribution < -0.4 is 29.6 Å². The minimum atomic E-state index is -3.08. The molecule has 0 aromatic carbocycles. The first-order chi connectivity index (χ1) is 4.68. The van der Waals surface area contributed by atoms with Crippen LogP contribution in [0.25, 0.3) is 5.09 Å². The average molecular weight is 189 g/mol. The molecule has 0 rings (SSSR count). The summed E-state index contributed by atoms with van der Waals surface area (Å²) in [5.41, 5.74) is 0. The molecule has 0 saturated heterocycles. The molecule has 0 aliphatic carbocycles. The molecule has 0 unspecified atom stereocenters. The van der Waals surface area contributed by atoms with Crippen LogP contribution in [-0.4, -0.2) is 20.3 Å². The summed E-state index contributed by atoms with van der Waals surface area (Å²) in [6.07, 6.45) is 0. The summed E-state index contributed by atoms with van der Waals surface area (Å²) < 4.78 is 20.7. The van der Waals surface area contributed by atoms with Crippen molar-refractivity contribution in [2.24, 2.45) is 0 Å². The predicted molar refractivity (Wildman–Crippen MR) is 40.1 cm³/mol. The Morgan fingerprint density at radius 3 is 1.82 bits per heavy atom. The quantitative estimate of drug-likeness (QED) is 0.419. The third-order valence-electron chi connectivity index (χ3n) is 0.829. The summed E-state index contributed by atoms with van der Waals surface area (Å²) >= 11 is 0. The zero-order chi connectivity index (χ0) is 8.04. The van der Waals surface area contributed by atoms with E-state index in [2.05, 4.69) is 5.09 Å². The van der Waals surface area contributed by atoms with Gasteiger partial charge in [-0.25, -0.2) is 0 Å². The molecule has 0 N–H and O–H groups in total. The third kappa shape index (κ3) is 6.29. The Bertz CT molecular complexity index is 123. The van der Waals surface area contributed by atoms with Gasteiger partial charge in [0.2, 0.25) is 7.75 Å². The second-order valence-corrected chi connectivity index (χ2v) is 3.36. The van der Waals surface area contributed by atoms with Crippen LogP contribution in [0.5, 0.6) is 0 Å². The van der Waals surface area contributed by atoms with Gasteiger partial charge in [0, 0.05) is 0 Å². The molecular formula is C5H13NNaO3P. The Labute approximate surface area is 89.9 Å². The molecule has 4 nitrogen and oxygen atoms in total. The Hall–Kier alpha value is 1.11. The van der Waals surface area contributed by atoms with E-state index in [-0.39, 0.29) is 29.6 Å². The summed E-state index contributed by atoms with van der Waals surface area (Å²) in [5.74, 6) is 0. The van der Waals surface area contributed by atoms with Crippen LogP contribution >= 0.6 is 7.75 Å². The van der Waals surface area contributed by atoms with E-state index in [0.717, 1.165) is 0 Å². The molecule has 0 atom stereocenters. The molecule has 62 valence electrons. The minimum Gasteiger partial charge on any atom is -0.558 e. The second-order valence-electron chi connectivity index (χ2n) is 1.50. The SMILES string of the molecule is CCOP(=O)([N-]C)OCC.[Na+]. The van der Waals surface area contributed by atoms with Gasteiger partial charge in [-0.3, -0.25) is 4.57 Å². The topological polar surface area (TPSA) is 49.6 Å². The van der Waals surface area contributed by atoms with Gasteiger partial charge in [-0.05, 0) is 13.8 Å². The maximum atomic E-state index is 11.2. The number of hydrogen-bond acceptors (Lipinski definition) is 3. The van der Waals surface area contributed by atoms with Gasteiger partial charge in [0.1, 0.15) is 0 Å². The largest absolute Gasteiger partial charge is 1.00 e. The van der Waals surface area contributed by atoms with Gasteiger partial charge in [0.25, 0.3) is 0 Å². The Kier molecular flexibility index (Phi) is 10.3. The van der Waals surface area contributed by atoms with Crippen LogP contribution in [0.2, 0.25) is 0 Å². The van der Waals surface area contributed by atoms with Crippen LogP contribution in [-0.2, 0) is 13.6 Å². The first-order valence-electron chi connectivity index (χ1n) is 3.19. The van der Waals surface area contributed by atoms with Gasteiger partial charge in [0.05, 0.1) is 13.2 Å². The van der Waals surface area contributed by atoms with Crippen molar-refractivity contribution in [2.75, 3.05) is 20.3 Å². The normalized spacial score (nSPS) is 10.8. The molecular weight excluding hydrogens is 176 g/mol. The molecule has 0 saturated carbocycles. The van der Waals surface area contributed by atoms with Crippen molar-refractivity contribution in [1.29, 1.82) is 0 Å². The molecule has 6 heteroatoms. The Balaban J connectivity index is 0. The molecule has 0 amide bonds. The molecule has 0 fully saturated rings. The standard InChI is InChI=1S/C5H13NO3P.Na/c1-4-8-10(7,6-3)9-5-2;/h4-5H2,1-3H3;/q-1;+1. The zero-order valence-corrected chi connectivity index (χ0v) is 10.4. The fraction of sp³-hybridized carbons (Fsp3) is 1.00. The number of nitrogens with zero attached hydrogens (tertiary/aromatic N) is 1. The van der Waals surface area contributed by atoms with E-state index < -0.39 is 7.75 Å². The van der Waals surface area contributed by atoms with Gasteiger partial charge >= 0.3 is 29.6 Å².